The average molecular weight is 221 g/mol. The zero-order valence-electron chi connectivity index (χ0n) is 10.5. The van der Waals surface area contributed by atoms with Crippen LogP contribution >= 0.6 is 0 Å². The average Bonchev–Trinajstić information content (AvgIpc) is 2.25. The molecule has 0 aliphatic heterocycles. The minimum absolute atomic E-state index is 0.850. The summed E-state index contributed by atoms with van der Waals surface area (Å²) >= 11 is 0. The van der Waals surface area contributed by atoms with E-state index < -0.39 is 0 Å². The molecule has 0 amide bonds. The first-order valence-electron chi connectivity index (χ1n) is 5.79. The Morgan fingerprint density at radius 2 is 2.00 bits per heavy atom. The number of hydrogen-bond acceptors (Lipinski definition) is 2. The summed E-state index contributed by atoms with van der Waals surface area (Å²) in [6.07, 6.45) is 9.60. The Morgan fingerprint density at radius 1 is 1.25 bits per heavy atom. The Morgan fingerprint density at radius 3 is 2.62 bits per heavy atom. The van der Waals surface area contributed by atoms with Crippen molar-refractivity contribution in [1.29, 1.82) is 0 Å². The molecule has 0 spiro atoms. The van der Waals surface area contributed by atoms with Crippen LogP contribution in [0, 0.1) is 0 Å². The van der Waals surface area contributed by atoms with Crippen LogP contribution in [0.2, 0.25) is 0 Å². The lowest BCUT2D eigenvalue weighted by Gasteiger charge is -2.03. The van der Waals surface area contributed by atoms with Gasteiger partial charge in [0.2, 0.25) is 0 Å². The van der Waals surface area contributed by atoms with Crippen LogP contribution in [0.25, 0.3) is 0 Å². The Bertz CT molecular complexity index is 264. The molecule has 0 atom stereocenters. The Labute approximate surface area is 99.1 Å². The molecule has 90 valence electrons. The number of allylic oxidation sites excluding steroid dienone is 3. The monoisotopic (exact) mass is 221 g/mol. The van der Waals surface area contributed by atoms with E-state index in [9.17, 15) is 4.79 Å². The Hall–Kier alpha value is -1.15. The third-order valence-corrected chi connectivity index (χ3v) is 2.31. The van der Waals surface area contributed by atoms with E-state index in [0.717, 1.165) is 44.2 Å². The topological polar surface area (TPSA) is 29.1 Å². The molecule has 0 radical (unpaired) electrons. The zero-order valence-corrected chi connectivity index (χ0v) is 10.5. The summed E-state index contributed by atoms with van der Waals surface area (Å²) in [4.78, 5) is 10.2. The normalized spacial score (nSPS) is 12.6. The van der Waals surface area contributed by atoms with Gasteiger partial charge in [-0.25, -0.2) is 0 Å². The lowest BCUT2D eigenvalue weighted by Crippen LogP contribution is -2.16. The maximum Gasteiger partial charge on any atom is 0.142 e. The summed E-state index contributed by atoms with van der Waals surface area (Å²) < 4.78 is 0. The highest BCUT2D eigenvalue weighted by Gasteiger charge is 1.91. The molecule has 2 nitrogen and oxygen atoms in total. The van der Waals surface area contributed by atoms with Crippen LogP contribution in [-0.2, 0) is 4.79 Å². The van der Waals surface area contributed by atoms with Gasteiger partial charge in [0.05, 0.1) is 0 Å². The molecule has 0 aliphatic carbocycles. The summed E-state index contributed by atoms with van der Waals surface area (Å²) in [7, 11) is 0. The van der Waals surface area contributed by atoms with E-state index in [2.05, 4.69) is 24.9 Å². The van der Waals surface area contributed by atoms with Crippen molar-refractivity contribution >= 4 is 6.29 Å². The number of aldehydes is 1. The summed E-state index contributed by atoms with van der Waals surface area (Å²) in [6.45, 7) is 9.70. The lowest BCUT2D eigenvalue weighted by atomic mass is 10.1. The molecular formula is C14H23NO. The van der Waals surface area contributed by atoms with Gasteiger partial charge in [-0.1, -0.05) is 23.3 Å². The predicted molar refractivity (Wildman–Crippen MR) is 70.5 cm³/mol. The van der Waals surface area contributed by atoms with Crippen molar-refractivity contribution in [2.45, 2.75) is 33.1 Å². The van der Waals surface area contributed by atoms with Crippen LogP contribution in [0.3, 0.4) is 0 Å². The van der Waals surface area contributed by atoms with E-state index in [-0.39, 0.29) is 0 Å². The van der Waals surface area contributed by atoms with E-state index >= 15 is 0 Å². The second kappa shape index (κ2) is 10.4. The van der Waals surface area contributed by atoms with Crippen LogP contribution in [0.15, 0.2) is 36.0 Å². The SMILES string of the molecule is C=CCCNC/C(C)=C/CC/C(C)=C/C=O. The van der Waals surface area contributed by atoms with E-state index in [1.807, 2.05) is 13.0 Å². The van der Waals surface area contributed by atoms with Crippen molar-refractivity contribution in [2.75, 3.05) is 13.1 Å². The molecule has 0 aromatic heterocycles. The third kappa shape index (κ3) is 9.41. The van der Waals surface area contributed by atoms with Crippen LogP contribution in [-0.4, -0.2) is 19.4 Å². The molecule has 0 aromatic carbocycles. The Kier molecular flexibility index (Phi) is 9.63. The highest BCUT2D eigenvalue weighted by Crippen LogP contribution is 2.05. The molecule has 2 heteroatoms. The molecule has 0 saturated carbocycles. The van der Waals surface area contributed by atoms with Gasteiger partial charge < -0.3 is 5.32 Å². The molecule has 0 heterocycles. The molecular weight excluding hydrogens is 198 g/mol. The van der Waals surface area contributed by atoms with Gasteiger partial charge in [0.15, 0.2) is 0 Å². The van der Waals surface area contributed by atoms with Crippen LogP contribution in [0.1, 0.15) is 33.1 Å². The molecule has 0 aromatic rings. The maximum absolute atomic E-state index is 10.2. The quantitative estimate of drug-likeness (QED) is 0.281. The molecule has 0 unspecified atom stereocenters. The Balaban J connectivity index is 3.65. The van der Waals surface area contributed by atoms with Gasteiger partial charge in [-0.15, -0.1) is 6.58 Å². The number of hydrogen-bond donors (Lipinski definition) is 1. The van der Waals surface area contributed by atoms with Gasteiger partial charge in [0, 0.05) is 6.54 Å². The largest absolute Gasteiger partial charge is 0.313 e. The van der Waals surface area contributed by atoms with E-state index in [4.69, 9.17) is 0 Å². The van der Waals surface area contributed by atoms with Crippen LogP contribution in [0.5, 0.6) is 0 Å². The van der Waals surface area contributed by atoms with E-state index in [0.29, 0.717) is 0 Å². The minimum atomic E-state index is 0.850. The minimum Gasteiger partial charge on any atom is -0.313 e. The molecule has 0 aliphatic rings. The van der Waals surface area contributed by atoms with Gasteiger partial charge in [-0.3, -0.25) is 4.79 Å². The van der Waals surface area contributed by atoms with Crippen LogP contribution < -0.4 is 5.32 Å². The fraction of sp³-hybridized carbons (Fsp3) is 0.500. The van der Waals surface area contributed by atoms with E-state index in [1.54, 1.807) is 6.08 Å². The fourth-order valence-corrected chi connectivity index (χ4v) is 1.31. The first kappa shape index (κ1) is 14.8. The first-order valence-corrected chi connectivity index (χ1v) is 5.79. The van der Waals surface area contributed by atoms with Crippen molar-refractivity contribution < 1.29 is 4.79 Å². The third-order valence-electron chi connectivity index (χ3n) is 2.31. The second-order valence-electron chi connectivity index (χ2n) is 3.99. The zero-order chi connectivity index (χ0) is 12.2. The van der Waals surface area contributed by atoms with Gasteiger partial charge in [-0.05, 0) is 45.7 Å². The standard InChI is InChI=1S/C14H23NO/c1-4-5-10-15-12-14(3)8-6-7-13(2)9-11-16/h4,8-9,11,15H,1,5-7,10,12H2,2-3H3/b13-9+,14-8+. The fourth-order valence-electron chi connectivity index (χ4n) is 1.31. The predicted octanol–water partition coefficient (Wildman–Crippen LogP) is 3.02. The molecule has 0 rings (SSSR count). The summed E-state index contributed by atoms with van der Waals surface area (Å²) in [6, 6.07) is 0. The van der Waals surface area contributed by atoms with Crippen molar-refractivity contribution in [3.05, 3.63) is 36.0 Å². The number of nitrogens with one attached hydrogen (secondary N) is 1. The second-order valence-corrected chi connectivity index (χ2v) is 3.99. The van der Waals surface area contributed by atoms with Gasteiger partial charge in [0.1, 0.15) is 6.29 Å². The molecule has 0 bridgehead atoms. The maximum atomic E-state index is 10.2. The van der Waals surface area contributed by atoms with Crippen molar-refractivity contribution in [3.8, 4) is 0 Å². The summed E-state index contributed by atoms with van der Waals surface area (Å²) in [5.74, 6) is 0. The highest BCUT2D eigenvalue weighted by atomic mass is 16.1. The molecule has 16 heavy (non-hydrogen) atoms. The summed E-state index contributed by atoms with van der Waals surface area (Å²) in [5.41, 5.74) is 2.49. The van der Waals surface area contributed by atoms with Gasteiger partial charge >= 0.3 is 0 Å². The molecule has 0 saturated heterocycles. The lowest BCUT2D eigenvalue weighted by molar-refractivity contribution is -0.104. The number of carbonyl (C=O) groups excluding carboxylic acids is 1. The smallest absolute Gasteiger partial charge is 0.142 e. The van der Waals surface area contributed by atoms with Crippen molar-refractivity contribution in [1.82, 2.24) is 5.32 Å². The van der Waals surface area contributed by atoms with Gasteiger partial charge in [0.25, 0.3) is 0 Å². The highest BCUT2D eigenvalue weighted by molar-refractivity contribution is 5.65. The molecule has 1 N–H and O–H groups in total. The molecule has 0 fully saturated rings. The number of rotatable bonds is 9. The van der Waals surface area contributed by atoms with Crippen LogP contribution in [0.4, 0.5) is 0 Å². The summed E-state index contributed by atoms with van der Waals surface area (Å²) in [5, 5.41) is 3.34. The van der Waals surface area contributed by atoms with Gasteiger partial charge in [-0.2, -0.15) is 0 Å². The van der Waals surface area contributed by atoms with Crippen molar-refractivity contribution in [3.63, 3.8) is 0 Å². The first-order chi connectivity index (χ1) is 7.70. The van der Waals surface area contributed by atoms with E-state index in [1.165, 1.54) is 5.57 Å². The number of carbonyl (C=O) groups is 1. The van der Waals surface area contributed by atoms with Crippen molar-refractivity contribution in [2.24, 2.45) is 0 Å².